The molecular formula is C19H17F4N5O3S2. The first-order chi connectivity index (χ1) is 15.6. The van der Waals surface area contributed by atoms with E-state index in [-0.39, 0.29) is 35.9 Å². The maximum absolute atomic E-state index is 15.1. The van der Waals surface area contributed by atoms with Crippen LogP contribution in [0.1, 0.15) is 23.6 Å². The first-order valence-corrected chi connectivity index (χ1v) is 12.2. The second-order valence-electron chi connectivity index (χ2n) is 7.28. The van der Waals surface area contributed by atoms with Crippen molar-refractivity contribution in [3.05, 3.63) is 65.3 Å². The van der Waals surface area contributed by atoms with E-state index < -0.39 is 39.7 Å². The van der Waals surface area contributed by atoms with Crippen molar-refractivity contribution < 1.29 is 30.4 Å². The number of rotatable bonds is 6. The molecule has 2 aromatic heterocycles. The van der Waals surface area contributed by atoms with Gasteiger partial charge in [0.1, 0.15) is 11.6 Å². The van der Waals surface area contributed by atoms with Crippen LogP contribution in [-0.2, 0) is 22.2 Å². The molecule has 0 radical (unpaired) electrons. The Bertz CT molecular complexity index is 1260. The molecule has 1 aliphatic rings. The normalized spacial score (nSPS) is 19.8. The standard InChI is InChI=1S/C19H17F4N5O3S2/c20-13-3-1-12(2-4-13)19(10-32-6-5-28(19)33(24,29)30)8-15-14(21)7-11(9-25-15)17-26-27-18(31-17)16(22)23/h1-4,7,9,16H,5-6,8,10H2,(H2,24,29,30). The van der Waals surface area contributed by atoms with E-state index in [2.05, 4.69) is 15.2 Å². The lowest BCUT2D eigenvalue weighted by Crippen LogP contribution is -2.58. The number of nitrogens with two attached hydrogens (primary N) is 1. The van der Waals surface area contributed by atoms with Crippen LogP contribution in [0.4, 0.5) is 17.6 Å². The fourth-order valence-corrected chi connectivity index (χ4v) is 6.19. The van der Waals surface area contributed by atoms with E-state index in [4.69, 9.17) is 9.56 Å². The minimum atomic E-state index is -4.21. The Morgan fingerprint density at radius 3 is 2.55 bits per heavy atom. The smallest absolute Gasteiger partial charge is 0.314 e. The van der Waals surface area contributed by atoms with Crippen LogP contribution < -0.4 is 5.14 Å². The van der Waals surface area contributed by atoms with Crippen LogP contribution >= 0.6 is 11.8 Å². The Balaban J connectivity index is 1.75. The molecule has 4 rings (SSSR count). The molecule has 2 N–H and O–H groups in total. The molecule has 0 bridgehead atoms. The van der Waals surface area contributed by atoms with Crippen LogP contribution in [0.25, 0.3) is 11.5 Å². The van der Waals surface area contributed by atoms with E-state index in [0.29, 0.717) is 11.3 Å². The van der Waals surface area contributed by atoms with E-state index in [1.165, 1.54) is 36.0 Å². The maximum Gasteiger partial charge on any atom is 0.314 e. The summed E-state index contributed by atoms with van der Waals surface area (Å²) in [7, 11) is -4.21. The zero-order valence-corrected chi connectivity index (χ0v) is 18.4. The summed E-state index contributed by atoms with van der Waals surface area (Å²) in [6.45, 7) is 0.0684. The highest BCUT2D eigenvalue weighted by molar-refractivity contribution is 7.99. The van der Waals surface area contributed by atoms with Crippen molar-refractivity contribution in [3.8, 4) is 11.5 Å². The minimum Gasteiger partial charge on any atom is -0.415 e. The van der Waals surface area contributed by atoms with Gasteiger partial charge in [0, 0.05) is 30.7 Å². The van der Waals surface area contributed by atoms with E-state index in [1.54, 1.807) is 0 Å². The Morgan fingerprint density at radius 2 is 1.94 bits per heavy atom. The highest BCUT2D eigenvalue weighted by Crippen LogP contribution is 2.40. The lowest BCUT2D eigenvalue weighted by atomic mass is 9.86. The van der Waals surface area contributed by atoms with Gasteiger partial charge in [-0.05, 0) is 23.8 Å². The zero-order valence-electron chi connectivity index (χ0n) is 16.8. The molecule has 0 saturated carbocycles. The molecule has 1 fully saturated rings. The van der Waals surface area contributed by atoms with Gasteiger partial charge < -0.3 is 4.42 Å². The number of hydrogen-bond donors (Lipinski definition) is 1. The first-order valence-electron chi connectivity index (χ1n) is 9.51. The fraction of sp³-hybridized carbons (Fsp3) is 0.316. The summed E-state index contributed by atoms with van der Waals surface area (Å²) in [5.74, 6) is -1.91. The summed E-state index contributed by atoms with van der Waals surface area (Å²) in [6.07, 6.45) is -2.02. The Morgan fingerprint density at radius 1 is 1.21 bits per heavy atom. The van der Waals surface area contributed by atoms with Crippen molar-refractivity contribution in [2.45, 2.75) is 18.4 Å². The minimum absolute atomic E-state index is 0.0206. The third kappa shape index (κ3) is 4.74. The van der Waals surface area contributed by atoms with Crippen LogP contribution in [0.3, 0.4) is 0 Å². The summed E-state index contributed by atoms with van der Waals surface area (Å²) in [5.41, 5.74) is -1.03. The molecule has 1 saturated heterocycles. The molecule has 3 heterocycles. The third-order valence-electron chi connectivity index (χ3n) is 5.20. The van der Waals surface area contributed by atoms with Crippen molar-refractivity contribution in [2.24, 2.45) is 5.14 Å². The SMILES string of the molecule is NS(=O)(=O)N1CCSCC1(Cc1ncc(-c2nnc(C(F)F)o2)cc1F)c1ccc(F)cc1. The second kappa shape index (κ2) is 9.00. The third-order valence-corrected chi connectivity index (χ3v) is 7.50. The molecular weight excluding hydrogens is 486 g/mol. The van der Waals surface area contributed by atoms with Gasteiger partial charge in [0.05, 0.1) is 16.8 Å². The van der Waals surface area contributed by atoms with E-state index in [1.807, 2.05) is 0 Å². The number of nitrogens with zero attached hydrogens (tertiary/aromatic N) is 4. The second-order valence-corrected chi connectivity index (χ2v) is 9.86. The molecule has 3 aromatic rings. The molecule has 1 aromatic carbocycles. The molecule has 33 heavy (non-hydrogen) atoms. The van der Waals surface area contributed by atoms with Crippen molar-refractivity contribution in [1.29, 1.82) is 0 Å². The van der Waals surface area contributed by atoms with Crippen molar-refractivity contribution in [2.75, 3.05) is 18.1 Å². The maximum atomic E-state index is 15.1. The Labute approximate surface area is 190 Å². The van der Waals surface area contributed by atoms with Gasteiger partial charge in [0.2, 0.25) is 5.89 Å². The lowest BCUT2D eigenvalue weighted by molar-refractivity contribution is 0.116. The first kappa shape index (κ1) is 23.6. The van der Waals surface area contributed by atoms with Gasteiger partial charge in [-0.15, -0.1) is 10.2 Å². The fourth-order valence-electron chi connectivity index (χ4n) is 3.70. The van der Waals surface area contributed by atoms with E-state index in [9.17, 15) is 21.6 Å². The van der Waals surface area contributed by atoms with Crippen LogP contribution in [0.2, 0.25) is 0 Å². The Kier molecular flexibility index (Phi) is 6.44. The van der Waals surface area contributed by atoms with Gasteiger partial charge in [0.25, 0.3) is 16.1 Å². The average molecular weight is 504 g/mol. The highest BCUT2D eigenvalue weighted by atomic mass is 32.2. The average Bonchev–Trinajstić information content (AvgIpc) is 3.26. The van der Waals surface area contributed by atoms with Crippen molar-refractivity contribution >= 4 is 22.0 Å². The quantitative estimate of drug-likeness (QED) is 0.514. The predicted octanol–water partition coefficient (Wildman–Crippen LogP) is 3.04. The van der Waals surface area contributed by atoms with Crippen LogP contribution in [0, 0.1) is 11.6 Å². The number of halogens is 4. The molecule has 14 heteroatoms. The van der Waals surface area contributed by atoms with Crippen molar-refractivity contribution in [1.82, 2.24) is 19.5 Å². The molecule has 1 atom stereocenters. The number of hydrogen-bond acceptors (Lipinski definition) is 7. The topological polar surface area (TPSA) is 115 Å². The zero-order chi connectivity index (χ0) is 23.8. The monoisotopic (exact) mass is 503 g/mol. The summed E-state index contributed by atoms with van der Waals surface area (Å²) in [4.78, 5) is 4.07. The number of pyridine rings is 1. The molecule has 0 amide bonds. The number of benzene rings is 1. The number of thioether (sulfide) groups is 1. The number of alkyl halides is 2. The van der Waals surface area contributed by atoms with Gasteiger partial charge >= 0.3 is 6.43 Å². The summed E-state index contributed by atoms with van der Waals surface area (Å²) in [5, 5.41) is 12.1. The summed E-state index contributed by atoms with van der Waals surface area (Å²) < 4.78 is 84.7. The molecule has 8 nitrogen and oxygen atoms in total. The summed E-state index contributed by atoms with van der Waals surface area (Å²) in [6, 6.07) is 6.20. The van der Waals surface area contributed by atoms with Gasteiger partial charge in [-0.3, -0.25) is 4.98 Å². The van der Waals surface area contributed by atoms with Gasteiger partial charge in [-0.25, -0.2) is 13.9 Å². The molecule has 1 unspecified atom stereocenters. The van der Waals surface area contributed by atoms with E-state index >= 15 is 4.39 Å². The molecule has 0 aliphatic carbocycles. The lowest BCUT2D eigenvalue weighted by Gasteiger charge is -2.45. The van der Waals surface area contributed by atoms with Gasteiger partial charge in [-0.2, -0.15) is 33.3 Å². The van der Waals surface area contributed by atoms with Crippen molar-refractivity contribution in [3.63, 3.8) is 0 Å². The number of aromatic nitrogens is 3. The highest BCUT2D eigenvalue weighted by Gasteiger charge is 2.46. The molecule has 1 aliphatic heterocycles. The Hall–Kier alpha value is -2.55. The van der Waals surface area contributed by atoms with Crippen LogP contribution in [0.15, 0.2) is 40.9 Å². The van der Waals surface area contributed by atoms with E-state index in [0.717, 1.165) is 16.6 Å². The van der Waals surface area contributed by atoms with Crippen LogP contribution in [-0.4, -0.2) is 46.0 Å². The van der Waals surface area contributed by atoms with Gasteiger partial charge in [0.15, 0.2) is 0 Å². The van der Waals surface area contributed by atoms with Gasteiger partial charge in [-0.1, -0.05) is 12.1 Å². The van der Waals surface area contributed by atoms with Crippen LogP contribution in [0.5, 0.6) is 0 Å². The molecule has 0 spiro atoms. The summed E-state index contributed by atoms with van der Waals surface area (Å²) >= 11 is 1.44. The molecule has 176 valence electrons. The largest absolute Gasteiger partial charge is 0.415 e. The predicted molar refractivity (Wildman–Crippen MR) is 111 cm³/mol.